The molecule has 0 unspecified atom stereocenters. The highest BCUT2D eigenvalue weighted by Crippen LogP contribution is 2.28. The van der Waals surface area contributed by atoms with E-state index in [-0.39, 0.29) is 16.5 Å². The number of amides is 1. The van der Waals surface area contributed by atoms with E-state index in [9.17, 15) is 9.59 Å². The quantitative estimate of drug-likeness (QED) is 0.880. The number of ether oxygens (including phenoxy) is 1. The smallest absolute Gasteiger partial charge is 0.410 e. The van der Waals surface area contributed by atoms with Gasteiger partial charge in [0.15, 0.2) is 0 Å². The molecule has 1 aliphatic heterocycles. The highest BCUT2D eigenvalue weighted by molar-refractivity contribution is 8.14. The number of aromatic amines is 1. The standard InChI is InChI=1S/C18H23N3O3S/c1-18(2,3)24-17(23)21-8-5-13(6-9-21)25-16(22)14-10-12-4-7-19-11-15(12)20-14/h4,7,10-11,13,20H,5-6,8-9H2,1-3H3. The number of hydrogen-bond acceptors (Lipinski definition) is 5. The molecule has 1 aliphatic rings. The first-order chi connectivity index (χ1) is 11.8. The monoisotopic (exact) mass is 361 g/mol. The lowest BCUT2D eigenvalue weighted by Crippen LogP contribution is -2.42. The number of H-pyrrole nitrogens is 1. The van der Waals surface area contributed by atoms with Crippen LogP contribution in [0.4, 0.5) is 4.79 Å². The summed E-state index contributed by atoms with van der Waals surface area (Å²) in [5.41, 5.74) is 0.983. The Morgan fingerprint density at radius 2 is 2.04 bits per heavy atom. The van der Waals surface area contributed by atoms with Crippen LogP contribution in [0, 0.1) is 0 Å². The first-order valence-electron chi connectivity index (χ1n) is 8.43. The van der Waals surface area contributed by atoms with Crippen LogP contribution in [-0.2, 0) is 4.74 Å². The number of carbonyl (C=O) groups is 2. The van der Waals surface area contributed by atoms with Crippen molar-refractivity contribution >= 4 is 33.9 Å². The summed E-state index contributed by atoms with van der Waals surface area (Å²) >= 11 is 1.35. The Hall–Kier alpha value is -2.02. The number of hydrogen-bond donors (Lipinski definition) is 1. The molecule has 25 heavy (non-hydrogen) atoms. The van der Waals surface area contributed by atoms with Gasteiger partial charge in [0.1, 0.15) is 5.60 Å². The average Bonchev–Trinajstić information content (AvgIpc) is 2.98. The molecule has 1 saturated heterocycles. The molecule has 1 N–H and O–H groups in total. The van der Waals surface area contributed by atoms with Gasteiger partial charge in [-0.2, -0.15) is 0 Å². The van der Waals surface area contributed by atoms with Crippen LogP contribution < -0.4 is 0 Å². The summed E-state index contributed by atoms with van der Waals surface area (Å²) in [6.45, 7) is 6.83. The van der Waals surface area contributed by atoms with Crippen LogP contribution in [-0.4, -0.2) is 50.0 Å². The van der Waals surface area contributed by atoms with Gasteiger partial charge in [-0.15, -0.1) is 0 Å². The molecule has 0 aliphatic carbocycles. The van der Waals surface area contributed by atoms with Crippen molar-refractivity contribution in [2.75, 3.05) is 13.1 Å². The van der Waals surface area contributed by atoms with E-state index in [1.165, 1.54) is 11.8 Å². The number of fused-ring (bicyclic) bond motifs is 1. The second-order valence-corrected chi connectivity index (χ2v) is 8.49. The zero-order valence-electron chi connectivity index (χ0n) is 14.7. The number of nitrogens with zero attached hydrogens (tertiary/aromatic N) is 2. The maximum Gasteiger partial charge on any atom is 0.410 e. The molecule has 1 amide bonds. The average molecular weight is 361 g/mol. The van der Waals surface area contributed by atoms with Crippen LogP contribution in [0.1, 0.15) is 44.1 Å². The minimum atomic E-state index is -0.483. The summed E-state index contributed by atoms with van der Waals surface area (Å²) < 4.78 is 5.40. The van der Waals surface area contributed by atoms with Crippen LogP contribution >= 0.6 is 11.8 Å². The van der Waals surface area contributed by atoms with Crippen LogP contribution in [0.5, 0.6) is 0 Å². The topological polar surface area (TPSA) is 75.3 Å². The fourth-order valence-corrected chi connectivity index (χ4v) is 3.77. The molecular formula is C18H23N3O3S. The second-order valence-electron chi connectivity index (χ2n) is 7.22. The molecule has 0 atom stereocenters. The molecule has 3 heterocycles. The number of aromatic nitrogens is 2. The van der Waals surface area contributed by atoms with E-state index in [1.54, 1.807) is 17.3 Å². The molecule has 3 rings (SSSR count). The van der Waals surface area contributed by atoms with E-state index in [0.717, 1.165) is 23.7 Å². The van der Waals surface area contributed by atoms with Gasteiger partial charge in [-0.25, -0.2) is 4.79 Å². The van der Waals surface area contributed by atoms with E-state index < -0.39 is 5.60 Å². The normalized spacial score (nSPS) is 16.2. The predicted molar refractivity (Wildman–Crippen MR) is 98.8 cm³/mol. The lowest BCUT2D eigenvalue weighted by molar-refractivity contribution is 0.0219. The molecular weight excluding hydrogens is 338 g/mol. The fourth-order valence-electron chi connectivity index (χ4n) is 2.78. The van der Waals surface area contributed by atoms with Crippen LogP contribution in [0.15, 0.2) is 24.5 Å². The number of likely N-dealkylation sites (tertiary alicyclic amines) is 1. The van der Waals surface area contributed by atoms with Gasteiger partial charge in [0.05, 0.1) is 17.4 Å². The summed E-state index contributed by atoms with van der Waals surface area (Å²) in [4.78, 5) is 33.5. The number of rotatable bonds is 2. The minimum absolute atomic E-state index is 0.0342. The van der Waals surface area contributed by atoms with Crippen LogP contribution in [0.3, 0.4) is 0 Å². The van der Waals surface area contributed by atoms with Gasteiger partial charge < -0.3 is 14.6 Å². The highest BCUT2D eigenvalue weighted by Gasteiger charge is 2.28. The number of thioether (sulfide) groups is 1. The largest absolute Gasteiger partial charge is 0.444 e. The first-order valence-corrected chi connectivity index (χ1v) is 9.31. The molecule has 2 aromatic heterocycles. The molecule has 0 saturated carbocycles. The van der Waals surface area contributed by atoms with Gasteiger partial charge in [-0.05, 0) is 45.7 Å². The van der Waals surface area contributed by atoms with Gasteiger partial charge >= 0.3 is 6.09 Å². The zero-order chi connectivity index (χ0) is 18.0. The third kappa shape index (κ3) is 4.54. The Balaban J connectivity index is 1.53. The molecule has 2 aromatic rings. The van der Waals surface area contributed by atoms with Gasteiger partial charge in [0.2, 0.25) is 5.12 Å². The van der Waals surface area contributed by atoms with Crippen molar-refractivity contribution in [2.45, 2.75) is 44.5 Å². The van der Waals surface area contributed by atoms with Crippen LogP contribution in [0.2, 0.25) is 0 Å². The minimum Gasteiger partial charge on any atom is -0.444 e. The summed E-state index contributed by atoms with van der Waals surface area (Å²) in [5.74, 6) is 0. The summed E-state index contributed by atoms with van der Waals surface area (Å²) in [7, 11) is 0. The number of pyridine rings is 1. The van der Waals surface area contributed by atoms with Crippen molar-refractivity contribution in [1.29, 1.82) is 0 Å². The molecule has 0 aromatic carbocycles. The summed E-state index contributed by atoms with van der Waals surface area (Å²) in [6, 6.07) is 3.74. The lowest BCUT2D eigenvalue weighted by atomic mass is 10.1. The molecule has 0 spiro atoms. The Bertz CT molecular complexity index is 740. The van der Waals surface area contributed by atoms with Crippen molar-refractivity contribution < 1.29 is 14.3 Å². The lowest BCUT2D eigenvalue weighted by Gasteiger charge is -2.32. The summed E-state index contributed by atoms with van der Waals surface area (Å²) in [6.07, 6.45) is 4.74. The van der Waals surface area contributed by atoms with Crippen molar-refractivity contribution in [3.63, 3.8) is 0 Å². The third-order valence-electron chi connectivity index (χ3n) is 4.01. The molecule has 0 bridgehead atoms. The van der Waals surface area contributed by atoms with Crippen molar-refractivity contribution in [3.05, 3.63) is 30.2 Å². The van der Waals surface area contributed by atoms with E-state index in [2.05, 4.69) is 9.97 Å². The molecule has 134 valence electrons. The van der Waals surface area contributed by atoms with Gasteiger partial charge in [-0.3, -0.25) is 9.78 Å². The van der Waals surface area contributed by atoms with Gasteiger partial charge in [-0.1, -0.05) is 11.8 Å². The molecule has 1 fully saturated rings. The SMILES string of the molecule is CC(C)(C)OC(=O)N1CCC(SC(=O)c2cc3ccncc3[nH]2)CC1. The first kappa shape index (κ1) is 17.8. The van der Waals surface area contributed by atoms with Crippen molar-refractivity contribution in [1.82, 2.24) is 14.9 Å². The van der Waals surface area contributed by atoms with E-state index in [1.807, 2.05) is 32.9 Å². The predicted octanol–water partition coefficient (Wildman–Crippen LogP) is 3.84. The number of piperidine rings is 1. The van der Waals surface area contributed by atoms with Crippen molar-refractivity contribution in [2.24, 2.45) is 0 Å². The highest BCUT2D eigenvalue weighted by atomic mass is 32.2. The summed E-state index contributed by atoms with van der Waals surface area (Å²) in [5, 5.41) is 1.24. The second kappa shape index (κ2) is 7.07. The Kier molecular flexibility index (Phi) is 5.03. The Morgan fingerprint density at radius 1 is 1.32 bits per heavy atom. The number of carbonyl (C=O) groups excluding carboxylic acids is 2. The van der Waals surface area contributed by atoms with Crippen molar-refractivity contribution in [3.8, 4) is 0 Å². The number of nitrogens with one attached hydrogen (secondary N) is 1. The van der Waals surface area contributed by atoms with E-state index in [0.29, 0.717) is 18.8 Å². The van der Waals surface area contributed by atoms with Crippen LogP contribution in [0.25, 0.3) is 10.9 Å². The zero-order valence-corrected chi connectivity index (χ0v) is 15.6. The maximum atomic E-state index is 12.5. The fraction of sp³-hybridized carbons (Fsp3) is 0.500. The Labute approximate surface area is 151 Å². The third-order valence-corrected chi connectivity index (χ3v) is 5.25. The van der Waals surface area contributed by atoms with E-state index in [4.69, 9.17) is 4.74 Å². The molecule has 0 radical (unpaired) electrons. The molecule has 6 nitrogen and oxygen atoms in total. The van der Waals surface area contributed by atoms with Gasteiger partial charge in [0.25, 0.3) is 0 Å². The molecule has 7 heteroatoms. The Morgan fingerprint density at radius 3 is 2.68 bits per heavy atom. The maximum absolute atomic E-state index is 12.5. The van der Waals surface area contributed by atoms with E-state index >= 15 is 0 Å². The van der Waals surface area contributed by atoms with Gasteiger partial charge in [0, 0.05) is 29.9 Å².